The van der Waals surface area contributed by atoms with Gasteiger partial charge in [0.2, 0.25) is 11.8 Å². The van der Waals surface area contributed by atoms with E-state index in [0.717, 1.165) is 41.8 Å². The summed E-state index contributed by atoms with van der Waals surface area (Å²) < 4.78 is 21.3. The standard InChI is InChI=1S/C38H58N2O5Si2/c1-36(2,3)39-30-25-22-18-21-24(25)26-27(33(30)43-10)32(45-47(13,14)38(7,8)9)29-28(31(26)44-46(11,12)37(4,5)6)34(41)40(35(29)42)23-19-16-15-17-20-23/h15-17,19-20,28-29,31-32,39H,18,21-22H2,1-14H3/t28-,29+,31+,32-/m0/s1. The van der Waals surface area contributed by atoms with Gasteiger partial charge in [0.25, 0.3) is 0 Å². The summed E-state index contributed by atoms with van der Waals surface area (Å²) in [6, 6.07) is 9.34. The number of anilines is 2. The van der Waals surface area contributed by atoms with Crippen molar-refractivity contribution in [2.24, 2.45) is 11.8 Å². The Balaban J connectivity index is 1.89. The van der Waals surface area contributed by atoms with E-state index in [2.05, 4.69) is 93.8 Å². The summed E-state index contributed by atoms with van der Waals surface area (Å²) in [6.07, 6.45) is 1.54. The molecule has 0 radical (unpaired) electrons. The van der Waals surface area contributed by atoms with Crippen LogP contribution in [0.3, 0.4) is 0 Å². The van der Waals surface area contributed by atoms with Gasteiger partial charge in [0, 0.05) is 11.1 Å². The average molecular weight is 679 g/mol. The number of rotatable bonds is 7. The summed E-state index contributed by atoms with van der Waals surface area (Å²) in [5.74, 6) is -1.17. The molecule has 2 aliphatic carbocycles. The van der Waals surface area contributed by atoms with Crippen molar-refractivity contribution in [3.8, 4) is 5.75 Å². The number of nitrogens with one attached hydrogen (secondary N) is 1. The molecule has 2 aromatic rings. The van der Waals surface area contributed by atoms with E-state index >= 15 is 0 Å². The number of para-hydroxylation sites is 1. The predicted molar refractivity (Wildman–Crippen MR) is 196 cm³/mol. The lowest BCUT2D eigenvalue weighted by Gasteiger charge is -2.48. The topological polar surface area (TPSA) is 77.1 Å². The van der Waals surface area contributed by atoms with E-state index in [1.54, 1.807) is 7.11 Å². The van der Waals surface area contributed by atoms with Crippen LogP contribution in [-0.4, -0.2) is 41.1 Å². The lowest BCUT2D eigenvalue weighted by atomic mass is 9.70. The zero-order valence-electron chi connectivity index (χ0n) is 31.3. The number of benzene rings is 2. The van der Waals surface area contributed by atoms with Crippen molar-refractivity contribution >= 4 is 39.8 Å². The first-order valence-corrected chi connectivity index (χ1v) is 23.2. The number of amides is 2. The SMILES string of the molecule is COc1c(NC(C)(C)C)c2c(c3c1[C@H](O[Si](C)(C)C(C)(C)C)[C@@H]1C(=O)N(c4ccccc4)C(=O)[C@@H]1[C@@H]3O[Si](C)(C)C(C)(C)C)CCC2. The van der Waals surface area contributed by atoms with Crippen LogP contribution in [0.2, 0.25) is 36.3 Å². The third kappa shape index (κ3) is 6.15. The fourth-order valence-electron chi connectivity index (χ4n) is 6.99. The van der Waals surface area contributed by atoms with E-state index in [1.807, 2.05) is 30.3 Å². The minimum Gasteiger partial charge on any atom is -0.494 e. The van der Waals surface area contributed by atoms with Gasteiger partial charge in [-0.25, -0.2) is 4.90 Å². The van der Waals surface area contributed by atoms with E-state index in [-0.39, 0.29) is 27.4 Å². The molecule has 1 fully saturated rings. The molecule has 1 heterocycles. The second-order valence-corrected chi connectivity index (χ2v) is 27.4. The van der Waals surface area contributed by atoms with Gasteiger partial charge < -0.3 is 18.9 Å². The van der Waals surface area contributed by atoms with Crippen LogP contribution in [0.5, 0.6) is 5.75 Å². The highest BCUT2D eigenvalue weighted by Gasteiger charge is 2.63. The number of carbonyl (C=O) groups is 2. The maximum Gasteiger partial charge on any atom is 0.240 e. The maximum absolute atomic E-state index is 14.9. The molecule has 47 heavy (non-hydrogen) atoms. The number of methoxy groups -OCH3 is 1. The molecule has 3 aliphatic rings. The molecule has 5 rings (SSSR count). The maximum atomic E-state index is 14.9. The first-order valence-electron chi connectivity index (χ1n) is 17.3. The highest BCUT2D eigenvalue weighted by Crippen LogP contribution is 2.61. The van der Waals surface area contributed by atoms with Crippen LogP contribution >= 0.6 is 0 Å². The van der Waals surface area contributed by atoms with E-state index in [1.165, 1.54) is 16.0 Å². The monoisotopic (exact) mass is 678 g/mol. The predicted octanol–water partition coefficient (Wildman–Crippen LogP) is 9.34. The van der Waals surface area contributed by atoms with Gasteiger partial charge >= 0.3 is 0 Å². The Morgan fingerprint density at radius 2 is 1.19 bits per heavy atom. The molecule has 1 aliphatic heterocycles. The summed E-state index contributed by atoms with van der Waals surface area (Å²) in [4.78, 5) is 31.2. The largest absolute Gasteiger partial charge is 0.494 e. The Kier molecular flexibility index (Phi) is 9.03. The van der Waals surface area contributed by atoms with E-state index in [0.29, 0.717) is 5.69 Å². The Bertz CT molecular complexity index is 1550. The molecule has 0 spiro atoms. The summed E-state index contributed by atoms with van der Waals surface area (Å²) >= 11 is 0. The molecular formula is C38H58N2O5Si2. The second kappa shape index (κ2) is 11.8. The smallest absolute Gasteiger partial charge is 0.240 e. The second-order valence-electron chi connectivity index (χ2n) is 17.9. The van der Waals surface area contributed by atoms with Crippen molar-refractivity contribution in [2.45, 2.75) is 136 Å². The average Bonchev–Trinajstić information content (AvgIpc) is 3.51. The summed E-state index contributed by atoms with van der Waals surface area (Å²) in [7, 11) is -3.22. The third-order valence-electron chi connectivity index (χ3n) is 11.4. The molecule has 2 aromatic carbocycles. The van der Waals surface area contributed by atoms with E-state index < -0.39 is 40.7 Å². The van der Waals surface area contributed by atoms with Gasteiger partial charge in [-0.2, -0.15) is 0 Å². The van der Waals surface area contributed by atoms with E-state index in [9.17, 15) is 9.59 Å². The van der Waals surface area contributed by atoms with Gasteiger partial charge in [0.15, 0.2) is 16.6 Å². The number of carbonyl (C=O) groups excluding carboxylic acids is 2. The number of hydrogen-bond acceptors (Lipinski definition) is 6. The first-order chi connectivity index (χ1) is 21.5. The molecule has 0 aromatic heterocycles. The molecule has 0 bridgehead atoms. The molecule has 2 amide bonds. The van der Waals surface area contributed by atoms with E-state index in [4.69, 9.17) is 13.6 Å². The molecular weight excluding hydrogens is 621 g/mol. The molecule has 9 heteroatoms. The van der Waals surface area contributed by atoms with Gasteiger partial charge in [-0.15, -0.1) is 0 Å². The fourth-order valence-corrected chi connectivity index (χ4v) is 9.50. The molecule has 1 saturated heterocycles. The number of fused-ring (bicyclic) bond motifs is 4. The van der Waals surface area contributed by atoms with Crippen LogP contribution in [-0.2, 0) is 31.3 Å². The quantitative estimate of drug-likeness (QED) is 0.232. The Morgan fingerprint density at radius 1 is 0.723 bits per heavy atom. The summed E-state index contributed by atoms with van der Waals surface area (Å²) in [6.45, 7) is 28.7. The minimum absolute atomic E-state index is 0.108. The lowest BCUT2D eigenvalue weighted by Crippen LogP contribution is -2.50. The van der Waals surface area contributed by atoms with Gasteiger partial charge in [-0.3, -0.25) is 9.59 Å². The van der Waals surface area contributed by atoms with Crippen molar-refractivity contribution in [1.29, 1.82) is 0 Å². The number of ether oxygens (including phenoxy) is 1. The van der Waals surface area contributed by atoms with Crippen LogP contribution in [0.4, 0.5) is 11.4 Å². The van der Waals surface area contributed by atoms with Gasteiger partial charge in [-0.05, 0) is 105 Å². The Labute approximate surface area is 285 Å². The highest BCUT2D eigenvalue weighted by atomic mass is 28.4. The number of hydrogen-bond donors (Lipinski definition) is 1. The van der Waals surface area contributed by atoms with Crippen LogP contribution < -0.4 is 15.0 Å². The highest BCUT2D eigenvalue weighted by molar-refractivity contribution is 6.74. The number of nitrogens with zero attached hydrogens (tertiary/aromatic N) is 1. The first kappa shape index (κ1) is 35.8. The van der Waals surface area contributed by atoms with Crippen LogP contribution in [0.25, 0.3) is 0 Å². The van der Waals surface area contributed by atoms with Crippen molar-refractivity contribution in [3.63, 3.8) is 0 Å². The molecule has 0 saturated carbocycles. The van der Waals surface area contributed by atoms with Crippen molar-refractivity contribution in [3.05, 3.63) is 52.6 Å². The molecule has 1 N–H and O–H groups in total. The fraction of sp³-hybridized carbons (Fsp3) is 0.632. The Morgan fingerprint density at radius 3 is 1.64 bits per heavy atom. The van der Waals surface area contributed by atoms with Crippen LogP contribution in [0, 0.1) is 11.8 Å². The zero-order valence-corrected chi connectivity index (χ0v) is 33.3. The molecule has 258 valence electrons. The van der Waals surface area contributed by atoms with Crippen molar-refractivity contribution in [2.75, 3.05) is 17.3 Å². The molecule has 4 atom stereocenters. The lowest BCUT2D eigenvalue weighted by molar-refractivity contribution is -0.129. The normalized spacial score (nSPS) is 23.5. The number of imide groups is 1. The van der Waals surface area contributed by atoms with Gasteiger partial charge in [0.1, 0.15) is 5.75 Å². The minimum atomic E-state index is -2.49. The summed E-state index contributed by atoms with van der Waals surface area (Å²) in [5.41, 5.74) is 5.73. The molecule has 7 nitrogen and oxygen atoms in total. The Hall–Kier alpha value is -2.47. The van der Waals surface area contributed by atoms with Gasteiger partial charge in [-0.1, -0.05) is 59.7 Å². The molecule has 0 unspecified atom stereocenters. The van der Waals surface area contributed by atoms with Crippen LogP contribution in [0.15, 0.2) is 30.3 Å². The van der Waals surface area contributed by atoms with Crippen molar-refractivity contribution < 1.29 is 23.2 Å². The zero-order chi connectivity index (χ0) is 35.1. The van der Waals surface area contributed by atoms with Crippen LogP contribution in [0.1, 0.15) is 103 Å². The van der Waals surface area contributed by atoms with Gasteiger partial charge in [0.05, 0.1) is 42.5 Å². The summed E-state index contributed by atoms with van der Waals surface area (Å²) in [5, 5.41) is 3.57. The third-order valence-corrected chi connectivity index (χ3v) is 20.3. The van der Waals surface area contributed by atoms with Crippen molar-refractivity contribution in [1.82, 2.24) is 0 Å².